The third kappa shape index (κ3) is 7.23. The molecule has 226 valence electrons. The molecule has 0 saturated heterocycles. The van der Waals surface area contributed by atoms with Crippen molar-refractivity contribution in [2.45, 2.75) is 104 Å². The minimum Gasteiger partial charge on any atom is -0.251 e. The number of benzene rings is 2. The Labute approximate surface area is 262 Å². The van der Waals surface area contributed by atoms with Gasteiger partial charge in [0, 0.05) is 44.3 Å². The summed E-state index contributed by atoms with van der Waals surface area (Å²) in [6, 6.07) is 26.3. The first-order chi connectivity index (χ1) is 21.7. The molecule has 0 aliphatic rings. The first kappa shape index (κ1) is 30.1. The van der Waals surface area contributed by atoms with Crippen molar-refractivity contribution < 1.29 is 0 Å². The van der Waals surface area contributed by atoms with E-state index in [0.29, 0.717) is 0 Å². The first-order valence-electron chi connectivity index (χ1n) is 17.1. The first-order valence-corrected chi connectivity index (χ1v) is 17.1. The Bertz CT molecular complexity index is 1720. The van der Waals surface area contributed by atoms with Crippen LogP contribution in [-0.2, 0) is 25.7 Å². The molecule has 4 heterocycles. The molecule has 0 fully saturated rings. The summed E-state index contributed by atoms with van der Waals surface area (Å²) in [5.74, 6) is 0. The van der Waals surface area contributed by atoms with Crippen molar-refractivity contribution in [3.05, 3.63) is 95.6 Å². The number of aromatic nitrogens is 4. The molecule has 0 unspecified atom stereocenters. The Morgan fingerprint density at radius 2 is 0.568 bits per heavy atom. The molecule has 0 N–H and O–H groups in total. The zero-order valence-electron chi connectivity index (χ0n) is 26.6. The van der Waals surface area contributed by atoms with Gasteiger partial charge in [-0.05, 0) is 75.6 Å². The van der Waals surface area contributed by atoms with Gasteiger partial charge in [-0.2, -0.15) is 0 Å². The summed E-state index contributed by atoms with van der Waals surface area (Å²) in [6.45, 7) is 4.46. The number of pyridine rings is 4. The largest absolute Gasteiger partial charge is 0.251 e. The average molecular weight is 583 g/mol. The van der Waals surface area contributed by atoms with Gasteiger partial charge in [0.1, 0.15) is 0 Å². The van der Waals surface area contributed by atoms with Crippen molar-refractivity contribution in [1.29, 1.82) is 0 Å². The van der Waals surface area contributed by atoms with E-state index in [2.05, 4.69) is 86.6 Å². The molecule has 0 bridgehead atoms. The standard InChI is InChI=1S/C40H46N4/c1-3-5-13-33-25-21-29-17-19-31-23-27-35(43-39(31)37(29)41-33)15-11-9-7-8-10-12-16-36-28-24-32-20-18-30-22-26-34(14-6-4-2)42-38(30)40(32)44-36/h17-28H,3-16H2,1-2H3. The number of aryl methyl sites for hydroxylation is 4. The van der Waals surface area contributed by atoms with Crippen LogP contribution in [0, 0.1) is 0 Å². The van der Waals surface area contributed by atoms with E-state index in [4.69, 9.17) is 19.9 Å². The fraction of sp³-hybridized carbons (Fsp3) is 0.400. The Morgan fingerprint density at radius 3 is 0.864 bits per heavy atom. The van der Waals surface area contributed by atoms with Gasteiger partial charge in [0.2, 0.25) is 0 Å². The van der Waals surface area contributed by atoms with Crippen molar-refractivity contribution in [3.63, 3.8) is 0 Å². The lowest BCUT2D eigenvalue weighted by Gasteiger charge is -2.08. The molecule has 4 heteroatoms. The van der Waals surface area contributed by atoms with Gasteiger partial charge in [-0.3, -0.25) is 19.9 Å². The average Bonchev–Trinajstić information content (AvgIpc) is 3.07. The van der Waals surface area contributed by atoms with E-state index < -0.39 is 0 Å². The third-order valence-corrected chi connectivity index (χ3v) is 8.96. The number of hydrogen-bond donors (Lipinski definition) is 0. The van der Waals surface area contributed by atoms with Crippen molar-refractivity contribution >= 4 is 43.6 Å². The van der Waals surface area contributed by atoms with Gasteiger partial charge in [0.15, 0.2) is 0 Å². The zero-order chi connectivity index (χ0) is 30.1. The molecule has 0 spiro atoms. The van der Waals surface area contributed by atoms with Gasteiger partial charge in [-0.15, -0.1) is 0 Å². The monoisotopic (exact) mass is 582 g/mol. The number of nitrogens with zero attached hydrogens (tertiary/aromatic N) is 4. The fourth-order valence-corrected chi connectivity index (χ4v) is 6.29. The maximum atomic E-state index is 5.09. The number of unbranched alkanes of at least 4 members (excludes halogenated alkanes) is 7. The molecular weight excluding hydrogens is 536 g/mol. The van der Waals surface area contributed by atoms with Crippen molar-refractivity contribution in [2.75, 3.05) is 0 Å². The van der Waals surface area contributed by atoms with Crippen LogP contribution in [0.2, 0.25) is 0 Å². The van der Waals surface area contributed by atoms with Gasteiger partial charge in [-0.25, -0.2) is 0 Å². The highest BCUT2D eigenvalue weighted by atomic mass is 14.8. The molecule has 4 aromatic heterocycles. The van der Waals surface area contributed by atoms with E-state index in [-0.39, 0.29) is 0 Å². The summed E-state index contributed by atoms with van der Waals surface area (Å²) in [7, 11) is 0. The maximum absolute atomic E-state index is 5.09. The summed E-state index contributed by atoms with van der Waals surface area (Å²) in [5.41, 5.74) is 8.96. The zero-order valence-corrected chi connectivity index (χ0v) is 26.6. The van der Waals surface area contributed by atoms with Crippen molar-refractivity contribution in [1.82, 2.24) is 19.9 Å². The lowest BCUT2D eigenvalue weighted by molar-refractivity contribution is 0.590. The summed E-state index contributed by atoms with van der Waals surface area (Å²) >= 11 is 0. The van der Waals surface area contributed by atoms with Crippen LogP contribution in [0.3, 0.4) is 0 Å². The van der Waals surface area contributed by atoms with Gasteiger partial charge in [-0.1, -0.05) is 101 Å². The van der Waals surface area contributed by atoms with Crippen LogP contribution in [0.25, 0.3) is 43.6 Å². The predicted octanol–water partition coefficient (Wildman–Crippen LogP) is 10.7. The number of fused-ring (bicyclic) bond motifs is 6. The molecule has 4 nitrogen and oxygen atoms in total. The van der Waals surface area contributed by atoms with Gasteiger partial charge in [0.05, 0.1) is 22.1 Å². The highest BCUT2D eigenvalue weighted by molar-refractivity contribution is 6.03. The van der Waals surface area contributed by atoms with E-state index >= 15 is 0 Å². The van der Waals surface area contributed by atoms with E-state index in [9.17, 15) is 0 Å². The minimum atomic E-state index is 1.03. The summed E-state index contributed by atoms with van der Waals surface area (Å²) in [4.78, 5) is 20.2. The molecule has 0 amide bonds. The second-order valence-corrected chi connectivity index (χ2v) is 12.5. The Morgan fingerprint density at radius 1 is 0.318 bits per heavy atom. The highest BCUT2D eigenvalue weighted by Crippen LogP contribution is 2.26. The second-order valence-electron chi connectivity index (χ2n) is 12.5. The quantitative estimate of drug-likeness (QED) is 0.0892. The summed E-state index contributed by atoms with van der Waals surface area (Å²) < 4.78 is 0. The van der Waals surface area contributed by atoms with E-state index in [1.807, 2.05) is 0 Å². The van der Waals surface area contributed by atoms with E-state index in [1.165, 1.54) is 109 Å². The molecule has 0 aliphatic heterocycles. The second kappa shape index (κ2) is 14.7. The summed E-state index contributed by atoms with van der Waals surface area (Å²) in [5, 5.41) is 4.73. The van der Waals surface area contributed by atoms with Crippen LogP contribution in [-0.4, -0.2) is 19.9 Å². The molecular formula is C40H46N4. The molecule has 2 aromatic carbocycles. The molecule has 0 atom stereocenters. The molecule has 6 rings (SSSR count). The molecule has 0 aliphatic carbocycles. The van der Waals surface area contributed by atoms with Gasteiger partial charge >= 0.3 is 0 Å². The highest BCUT2D eigenvalue weighted by Gasteiger charge is 2.09. The smallest absolute Gasteiger partial charge is 0.0967 e. The van der Waals surface area contributed by atoms with E-state index in [1.54, 1.807) is 0 Å². The van der Waals surface area contributed by atoms with Crippen LogP contribution in [0.4, 0.5) is 0 Å². The van der Waals surface area contributed by atoms with Crippen LogP contribution in [0.1, 0.15) is 101 Å². The third-order valence-electron chi connectivity index (χ3n) is 8.96. The minimum absolute atomic E-state index is 1.03. The topological polar surface area (TPSA) is 51.6 Å². The molecule has 0 saturated carbocycles. The maximum Gasteiger partial charge on any atom is 0.0967 e. The van der Waals surface area contributed by atoms with Crippen molar-refractivity contribution in [2.24, 2.45) is 0 Å². The Kier molecular flexibility index (Phi) is 10.1. The molecule has 0 radical (unpaired) electrons. The number of rotatable bonds is 15. The summed E-state index contributed by atoms with van der Waals surface area (Å²) in [6.07, 6.45) is 16.3. The van der Waals surface area contributed by atoms with Crippen LogP contribution in [0.5, 0.6) is 0 Å². The van der Waals surface area contributed by atoms with Crippen molar-refractivity contribution in [3.8, 4) is 0 Å². The van der Waals surface area contributed by atoms with Gasteiger partial charge in [0.25, 0.3) is 0 Å². The molecule has 44 heavy (non-hydrogen) atoms. The fourth-order valence-electron chi connectivity index (χ4n) is 6.29. The Hall–Kier alpha value is -3.92. The SMILES string of the molecule is CCCCc1ccc2ccc3ccc(CCCCCCCCc4ccc5ccc6ccc(CCCC)nc6c5n4)nc3c2n1. The Balaban J connectivity index is 0.984. The van der Waals surface area contributed by atoms with Crippen LogP contribution in [0.15, 0.2) is 72.8 Å². The van der Waals surface area contributed by atoms with E-state index in [0.717, 1.165) is 47.8 Å². The van der Waals surface area contributed by atoms with Crippen LogP contribution < -0.4 is 0 Å². The van der Waals surface area contributed by atoms with Gasteiger partial charge < -0.3 is 0 Å². The number of hydrogen-bond acceptors (Lipinski definition) is 4. The lowest BCUT2D eigenvalue weighted by Crippen LogP contribution is -1.96. The van der Waals surface area contributed by atoms with Crippen LogP contribution >= 0.6 is 0 Å². The predicted molar refractivity (Wildman–Crippen MR) is 186 cm³/mol. The normalized spacial score (nSPS) is 11.8. The lowest BCUT2D eigenvalue weighted by atomic mass is 10.0. The molecule has 6 aromatic rings.